The van der Waals surface area contributed by atoms with Crippen LogP contribution in [-0.4, -0.2) is 34.5 Å². The third-order valence-corrected chi connectivity index (χ3v) is 5.55. The van der Waals surface area contributed by atoms with Gasteiger partial charge >= 0.3 is 0 Å². The molecular formula is C22H20ClN7O. The summed E-state index contributed by atoms with van der Waals surface area (Å²) >= 11 is 6.00. The van der Waals surface area contributed by atoms with E-state index in [1.54, 1.807) is 29.2 Å². The SMILES string of the molecule is Cc1ccc2nc(Cn3cc(C(=O)NCc4cn5ccc(Cl)cc5n4)cn3)cn2c1C. The van der Waals surface area contributed by atoms with Crippen LogP contribution in [-0.2, 0) is 13.1 Å². The average molecular weight is 434 g/mol. The second-order valence-electron chi connectivity index (χ2n) is 7.51. The maximum absolute atomic E-state index is 12.5. The summed E-state index contributed by atoms with van der Waals surface area (Å²) in [7, 11) is 0. The van der Waals surface area contributed by atoms with E-state index in [4.69, 9.17) is 11.6 Å². The summed E-state index contributed by atoms with van der Waals surface area (Å²) < 4.78 is 5.65. The van der Waals surface area contributed by atoms with E-state index in [0.717, 1.165) is 28.4 Å². The van der Waals surface area contributed by atoms with Gasteiger partial charge in [0.15, 0.2) is 0 Å². The highest BCUT2D eigenvalue weighted by molar-refractivity contribution is 6.30. The number of aryl methyl sites for hydroxylation is 2. The van der Waals surface area contributed by atoms with E-state index in [0.29, 0.717) is 23.7 Å². The van der Waals surface area contributed by atoms with Crippen LogP contribution in [0.5, 0.6) is 0 Å². The highest BCUT2D eigenvalue weighted by Gasteiger charge is 2.12. The Bertz CT molecular complexity index is 1430. The van der Waals surface area contributed by atoms with E-state index < -0.39 is 0 Å². The topological polar surface area (TPSA) is 81.5 Å². The van der Waals surface area contributed by atoms with Gasteiger partial charge in [-0.2, -0.15) is 5.10 Å². The van der Waals surface area contributed by atoms with Crippen molar-refractivity contribution in [2.45, 2.75) is 26.9 Å². The quantitative estimate of drug-likeness (QED) is 0.460. The highest BCUT2D eigenvalue weighted by Crippen LogP contribution is 2.14. The number of amides is 1. The van der Waals surface area contributed by atoms with Crippen molar-refractivity contribution in [2.75, 3.05) is 0 Å². The molecule has 5 heterocycles. The van der Waals surface area contributed by atoms with Crippen LogP contribution in [0.4, 0.5) is 0 Å². The lowest BCUT2D eigenvalue weighted by Crippen LogP contribution is -2.22. The first-order chi connectivity index (χ1) is 15.0. The van der Waals surface area contributed by atoms with Gasteiger partial charge in [0.25, 0.3) is 5.91 Å². The van der Waals surface area contributed by atoms with Gasteiger partial charge in [-0.1, -0.05) is 17.7 Å². The zero-order chi connectivity index (χ0) is 21.5. The second-order valence-corrected chi connectivity index (χ2v) is 7.95. The van der Waals surface area contributed by atoms with Crippen LogP contribution < -0.4 is 5.32 Å². The van der Waals surface area contributed by atoms with Crippen molar-refractivity contribution in [3.05, 3.63) is 88.5 Å². The lowest BCUT2D eigenvalue weighted by atomic mass is 10.2. The molecule has 0 radical (unpaired) electrons. The summed E-state index contributed by atoms with van der Waals surface area (Å²) in [5, 5.41) is 7.82. The number of hydrogen-bond donors (Lipinski definition) is 1. The Kier molecular flexibility index (Phi) is 4.71. The van der Waals surface area contributed by atoms with Crippen molar-refractivity contribution in [1.82, 2.24) is 33.9 Å². The number of carbonyl (C=O) groups excluding carboxylic acids is 1. The van der Waals surface area contributed by atoms with Gasteiger partial charge in [-0.3, -0.25) is 9.48 Å². The molecule has 0 fully saturated rings. The van der Waals surface area contributed by atoms with E-state index in [9.17, 15) is 4.79 Å². The van der Waals surface area contributed by atoms with E-state index in [1.165, 1.54) is 5.56 Å². The largest absolute Gasteiger partial charge is 0.346 e. The molecule has 0 aliphatic carbocycles. The highest BCUT2D eigenvalue weighted by atomic mass is 35.5. The predicted molar refractivity (Wildman–Crippen MR) is 117 cm³/mol. The monoisotopic (exact) mass is 433 g/mol. The lowest BCUT2D eigenvalue weighted by Gasteiger charge is -2.02. The predicted octanol–water partition coefficient (Wildman–Crippen LogP) is 3.43. The molecule has 5 aromatic heterocycles. The molecule has 0 aromatic carbocycles. The molecule has 0 unspecified atom stereocenters. The summed E-state index contributed by atoms with van der Waals surface area (Å²) in [6.45, 7) is 4.95. The van der Waals surface area contributed by atoms with Crippen LogP contribution in [0.2, 0.25) is 5.02 Å². The van der Waals surface area contributed by atoms with E-state index in [1.807, 2.05) is 29.1 Å². The number of nitrogens with zero attached hydrogens (tertiary/aromatic N) is 6. The minimum absolute atomic E-state index is 0.206. The standard InChI is InChI=1S/C22H20ClN7O/c1-14-3-4-20-27-19(13-30(20)15(14)2)12-29-10-16(8-25-29)22(31)24-9-18-11-28-6-5-17(23)7-21(28)26-18/h3-8,10-11,13H,9,12H2,1-2H3,(H,24,31). The summed E-state index contributed by atoms with van der Waals surface area (Å²) in [5.74, 6) is -0.206. The molecule has 9 heteroatoms. The van der Waals surface area contributed by atoms with Crippen LogP contribution in [0.15, 0.2) is 55.2 Å². The van der Waals surface area contributed by atoms with Crippen LogP contribution in [0.3, 0.4) is 0 Å². The molecule has 156 valence electrons. The third-order valence-electron chi connectivity index (χ3n) is 5.32. The van der Waals surface area contributed by atoms with Gasteiger partial charge < -0.3 is 14.1 Å². The van der Waals surface area contributed by atoms with Crippen molar-refractivity contribution >= 4 is 28.8 Å². The first-order valence-electron chi connectivity index (χ1n) is 9.84. The van der Waals surface area contributed by atoms with Gasteiger partial charge in [0.05, 0.1) is 36.2 Å². The van der Waals surface area contributed by atoms with Crippen LogP contribution >= 0.6 is 11.6 Å². The van der Waals surface area contributed by atoms with Gasteiger partial charge in [-0.15, -0.1) is 0 Å². The molecule has 31 heavy (non-hydrogen) atoms. The molecule has 0 spiro atoms. The summed E-state index contributed by atoms with van der Waals surface area (Å²) in [6.07, 6.45) is 8.99. The van der Waals surface area contributed by atoms with Crippen molar-refractivity contribution in [3.8, 4) is 0 Å². The number of fused-ring (bicyclic) bond motifs is 2. The third kappa shape index (κ3) is 3.77. The number of nitrogens with one attached hydrogen (secondary N) is 1. The Morgan fingerprint density at radius 1 is 1.06 bits per heavy atom. The van der Waals surface area contributed by atoms with Crippen LogP contribution in [0.25, 0.3) is 11.3 Å². The van der Waals surface area contributed by atoms with Crippen molar-refractivity contribution in [3.63, 3.8) is 0 Å². The van der Waals surface area contributed by atoms with Crippen molar-refractivity contribution in [1.29, 1.82) is 0 Å². The van der Waals surface area contributed by atoms with Gasteiger partial charge in [0.1, 0.15) is 11.3 Å². The van der Waals surface area contributed by atoms with E-state index in [-0.39, 0.29) is 5.91 Å². The minimum Gasteiger partial charge on any atom is -0.346 e. The fourth-order valence-corrected chi connectivity index (χ4v) is 3.67. The number of imidazole rings is 2. The molecule has 0 saturated heterocycles. The molecule has 1 amide bonds. The Labute approximate surface area is 183 Å². The molecule has 0 aliphatic rings. The fourth-order valence-electron chi connectivity index (χ4n) is 3.52. The molecule has 0 bridgehead atoms. The maximum atomic E-state index is 12.5. The Hall–Kier alpha value is -3.65. The number of hydrogen-bond acceptors (Lipinski definition) is 4. The lowest BCUT2D eigenvalue weighted by molar-refractivity contribution is 0.0950. The molecule has 5 aromatic rings. The van der Waals surface area contributed by atoms with Crippen molar-refractivity contribution < 1.29 is 4.79 Å². The number of carbonyl (C=O) groups is 1. The fraction of sp³-hybridized carbons (Fsp3) is 0.182. The van der Waals surface area contributed by atoms with Gasteiger partial charge in [0.2, 0.25) is 0 Å². The Morgan fingerprint density at radius 2 is 1.90 bits per heavy atom. The Balaban J connectivity index is 1.26. The molecule has 0 atom stereocenters. The molecule has 0 saturated carbocycles. The number of aromatic nitrogens is 6. The average Bonchev–Trinajstić information content (AvgIpc) is 3.47. The normalized spacial score (nSPS) is 11.5. The zero-order valence-electron chi connectivity index (χ0n) is 17.1. The summed E-state index contributed by atoms with van der Waals surface area (Å²) in [6, 6.07) is 7.63. The van der Waals surface area contributed by atoms with E-state index >= 15 is 0 Å². The summed E-state index contributed by atoms with van der Waals surface area (Å²) in [4.78, 5) is 21.7. The molecule has 8 nitrogen and oxygen atoms in total. The van der Waals surface area contributed by atoms with E-state index in [2.05, 4.69) is 44.7 Å². The summed E-state index contributed by atoms with van der Waals surface area (Å²) in [5.41, 5.74) is 6.13. The molecule has 0 aliphatic heterocycles. The second kappa shape index (κ2) is 7.55. The first-order valence-corrected chi connectivity index (χ1v) is 10.2. The molecule has 5 rings (SSSR count). The van der Waals surface area contributed by atoms with Gasteiger partial charge in [-0.25, -0.2) is 9.97 Å². The van der Waals surface area contributed by atoms with Gasteiger partial charge in [0, 0.05) is 35.5 Å². The van der Waals surface area contributed by atoms with Crippen LogP contribution in [0.1, 0.15) is 33.0 Å². The molecule has 1 N–H and O–H groups in total. The van der Waals surface area contributed by atoms with Crippen molar-refractivity contribution in [2.24, 2.45) is 0 Å². The zero-order valence-corrected chi connectivity index (χ0v) is 17.8. The number of rotatable bonds is 5. The molecular weight excluding hydrogens is 414 g/mol. The maximum Gasteiger partial charge on any atom is 0.254 e. The number of pyridine rings is 2. The minimum atomic E-state index is -0.206. The van der Waals surface area contributed by atoms with Gasteiger partial charge in [-0.05, 0) is 37.6 Å². The number of halogens is 1. The Morgan fingerprint density at radius 3 is 2.77 bits per heavy atom. The van der Waals surface area contributed by atoms with Crippen LogP contribution in [0, 0.1) is 13.8 Å². The first kappa shape index (κ1) is 19.3. The smallest absolute Gasteiger partial charge is 0.254 e.